The average Bonchev–Trinajstić information content (AvgIpc) is 3.27. The molecular formula is C56H100O6. The summed E-state index contributed by atoms with van der Waals surface area (Å²) in [5, 5.41) is 0. The molecule has 0 aromatic rings. The molecule has 0 aromatic carbocycles. The van der Waals surface area contributed by atoms with Crippen molar-refractivity contribution in [3.8, 4) is 0 Å². The summed E-state index contributed by atoms with van der Waals surface area (Å²) in [5.41, 5.74) is 0. The molecule has 360 valence electrons. The van der Waals surface area contributed by atoms with E-state index in [1.807, 2.05) is 0 Å². The zero-order valence-electron chi connectivity index (χ0n) is 41.1. The van der Waals surface area contributed by atoms with E-state index in [2.05, 4.69) is 69.4 Å². The monoisotopic (exact) mass is 869 g/mol. The van der Waals surface area contributed by atoms with Crippen LogP contribution in [0.25, 0.3) is 0 Å². The summed E-state index contributed by atoms with van der Waals surface area (Å²) in [7, 11) is 0. The Morgan fingerprint density at radius 3 is 1.03 bits per heavy atom. The Kier molecular flexibility index (Phi) is 48.8. The van der Waals surface area contributed by atoms with Gasteiger partial charge in [0.25, 0.3) is 0 Å². The van der Waals surface area contributed by atoms with E-state index in [4.69, 9.17) is 14.2 Å². The highest BCUT2D eigenvalue weighted by Crippen LogP contribution is 2.16. The molecule has 0 N–H and O–H groups in total. The molecule has 0 aliphatic carbocycles. The minimum atomic E-state index is -0.794. The van der Waals surface area contributed by atoms with Gasteiger partial charge in [-0.25, -0.2) is 0 Å². The number of carbonyl (C=O) groups is 3. The van der Waals surface area contributed by atoms with Gasteiger partial charge >= 0.3 is 17.9 Å². The minimum absolute atomic E-state index is 0.0926. The van der Waals surface area contributed by atoms with Crippen molar-refractivity contribution in [2.24, 2.45) is 0 Å². The average molecular weight is 869 g/mol. The normalized spacial score (nSPS) is 12.4. The first-order chi connectivity index (χ1) is 30.5. The third-order valence-electron chi connectivity index (χ3n) is 11.6. The Morgan fingerprint density at radius 2 is 0.613 bits per heavy atom. The maximum absolute atomic E-state index is 12.8. The third-order valence-corrected chi connectivity index (χ3v) is 11.6. The second kappa shape index (κ2) is 51.0. The number of rotatable bonds is 48. The van der Waals surface area contributed by atoms with E-state index in [1.54, 1.807) is 0 Å². The molecule has 0 aliphatic rings. The second-order valence-corrected chi connectivity index (χ2v) is 17.8. The van der Waals surface area contributed by atoms with Crippen molar-refractivity contribution in [2.45, 2.75) is 277 Å². The number of esters is 3. The third kappa shape index (κ3) is 48.4. The van der Waals surface area contributed by atoms with Crippen LogP contribution in [0.3, 0.4) is 0 Å². The number of hydrogen-bond donors (Lipinski definition) is 0. The largest absolute Gasteiger partial charge is 0.462 e. The van der Waals surface area contributed by atoms with E-state index in [0.29, 0.717) is 19.3 Å². The SMILES string of the molecule is CCCC/C=C\CCCCCCC(=O)OCC(COC(=O)CCC/C=C\C/C=C\C/C=C\CCCCCCCC)OC(=O)CCCCCCCCCCCCCCCCCCC. The predicted octanol–water partition coefficient (Wildman–Crippen LogP) is 17.5. The number of unbranched alkanes of at least 4 members (excludes halogenated alkanes) is 29. The smallest absolute Gasteiger partial charge is 0.306 e. The zero-order chi connectivity index (χ0) is 45.1. The minimum Gasteiger partial charge on any atom is -0.462 e. The molecule has 0 rings (SSSR count). The van der Waals surface area contributed by atoms with Crippen molar-refractivity contribution in [1.82, 2.24) is 0 Å². The van der Waals surface area contributed by atoms with Crippen molar-refractivity contribution in [3.63, 3.8) is 0 Å². The van der Waals surface area contributed by atoms with Gasteiger partial charge in [-0.2, -0.15) is 0 Å². The molecule has 0 spiro atoms. The topological polar surface area (TPSA) is 78.9 Å². The molecule has 0 aliphatic heterocycles. The lowest BCUT2D eigenvalue weighted by atomic mass is 10.0. The van der Waals surface area contributed by atoms with E-state index >= 15 is 0 Å². The zero-order valence-corrected chi connectivity index (χ0v) is 41.1. The van der Waals surface area contributed by atoms with E-state index in [1.165, 1.54) is 148 Å². The molecule has 6 heteroatoms. The van der Waals surface area contributed by atoms with Gasteiger partial charge in [-0.05, 0) is 70.6 Å². The van der Waals surface area contributed by atoms with Crippen LogP contribution in [0.1, 0.15) is 271 Å². The van der Waals surface area contributed by atoms with Crippen LogP contribution in [-0.2, 0) is 28.6 Å². The van der Waals surface area contributed by atoms with E-state index in [-0.39, 0.29) is 37.5 Å². The van der Waals surface area contributed by atoms with Crippen molar-refractivity contribution in [2.75, 3.05) is 13.2 Å². The highest BCUT2D eigenvalue weighted by atomic mass is 16.6. The summed E-state index contributed by atoms with van der Waals surface area (Å²) in [5.74, 6) is -0.950. The van der Waals surface area contributed by atoms with Crippen LogP contribution in [0.15, 0.2) is 48.6 Å². The summed E-state index contributed by atoms with van der Waals surface area (Å²) in [6.07, 6.45) is 61.1. The molecule has 1 unspecified atom stereocenters. The summed E-state index contributed by atoms with van der Waals surface area (Å²) < 4.78 is 16.7. The van der Waals surface area contributed by atoms with Crippen LogP contribution in [0.4, 0.5) is 0 Å². The molecule has 0 saturated carbocycles. The Morgan fingerprint density at radius 1 is 0.323 bits per heavy atom. The molecule has 6 nitrogen and oxygen atoms in total. The first-order valence-electron chi connectivity index (χ1n) is 26.6. The molecule has 0 amide bonds. The van der Waals surface area contributed by atoms with Gasteiger partial charge in [-0.15, -0.1) is 0 Å². The molecule has 0 heterocycles. The van der Waals surface area contributed by atoms with Gasteiger partial charge in [0.05, 0.1) is 0 Å². The molecular weight excluding hydrogens is 769 g/mol. The van der Waals surface area contributed by atoms with Gasteiger partial charge in [0.1, 0.15) is 13.2 Å². The standard InChI is InChI=1S/C56H100O6/c1-4-7-10-13-16-19-22-24-26-28-30-32-34-37-40-43-46-49-55(58)61-52-53(51-60-54(57)48-45-42-39-36-21-18-15-12-9-6-3)62-56(59)50-47-44-41-38-35-33-31-29-27-25-23-20-17-14-11-8-5-2/h15,18,24,26,30,32,37,40,53H,4-14,16-17,19-23,25,27-29,31,33-36,38-39,41-52H2,1-3H3/b18-15-,26-24-,32-30-,40-37-. The van der Waals surface area contributed by atoms with E-state index < -0.39 is 6.10 Å². The van der Waals surface area contributed by atoms with Crippen LogP contribution in [0.5, 0.6) is 0 Å². The molecule has 0 aromatic heterocycles. The lowest BCUT2D eigenvalue weighted by Gasteiger charge is -2.18. The summed E-state index contributed by atoms with van der Waals surface area (Å²) in [6.45, 7) is 6.55. The van der Waals surface area contributed by atoms with Crippen molar-refractivity contribution in [3.05, 3.63) is 48.6 Å². The number of carbonyl (C=O) groups excluding carboxylic acids is 3. The highest BCUT2D eigenvalue weighted by molar-refractivity contribution is 5.71. The molecule has 0 bridgehead atoms. The fraction of sp³-hybridized carbons (Fsp3) is 0.804. The van der Waals surface area contributed by atoms with Crippen LogP contribution >= 0.6 is 0 Å². The second-order valence-electron chi connectivity index (χ2n) is 17.8. The molecule has 0 saturated heterocycles. The van der Waals surface area contributed by atoms with E-state index in [0.717, 1.165) is 77.0 Å². The van der Waals surface area contributed by atoms with Gasteiger partial charge in [0, 0.05) is 19.3 Å². The molecule has 0 radical (unpaired) electrons. The van der Waals surface area contributed by atoms with Gasteiger partial charge in [-0.1, -0.05) is 230 Å². The summed E-state index contributed by atoms with van der Waals surface area (Å²) in [4.78, 5) is 37.9. The maximum atomic E-state index is 12.8. The Bertz CT molecular complexity index is 1090. The van der Waals surface area contributed by atoms with Crippen LogP contribution in [0.2, 0.25) is 0 Å². The fourth-order valence-corrected chi connectivity index (χ4v) is 7.50. The highest BCUT2D eigenvalue weighted by Gasteiger charge is 2.19. The molecule has 0 fully saturated rings. The van der Waals surface area contributed by atoms with Gasteiger partial charge < -0.3 is 14.2 Å². The lowest BCUT2D eigenvalue weighted by molar-refractivity contribution is -0.167. The van der Waals surface area contributed by atoms with Gasteiger partial charge in [0.2, 0.25) is 0 Å². The molecule has 62 heavy (non-hydrogen) atoms. The lowest BCUT2D eigenvalue weighted by Crippen LogP contribution is -2.30. The van der Waals surface area contributed by atoms with Crippen LogP contribution < -0.4 is 0 Å². The summed E-state index contributed by atoms with van der Waals surface area (Å²) in [6, 6.07) is 0. The van der Waals surface area contributed by atoms with Crippen molar-refractivity contribution < 1.29 is 28.6 Å². The number of allylic oxidation sites excluding steroid dienone is 8. The quantitative estimate of drug-likeness (QED) is 0.0262. The number of hydrogen-bond acceptors (Lipinski definition) is 6. The van der Waals surface area contributed by atoms with Gasteiger partial charge in [0.15, 0.2) is 6.10 Å². The first kappa shape index (κ1) is 59.4. The predicted molar refractivity (Wildman–Crippen MR) is 265 cm³/mol. The fourth-order valence-electron chi connectivity index (χ4n) is 7.50. The van der Waals surface area contributed by atoms with Crippen molar-refractivity contribution in [1.29, 1.82) is 0 Å². The van der Waals surface area contributed by atoms with Crippen LogP contribution in [-0.4, -0.2) is 37.2 Å². The van der Waals surface area contributed by atoms with Crippen LogP contribution in [0, 0.1) is 0 Å². The molecule has 1 atom stereocenters. The van der Waals surface area contributed by atoms with Gasteiger partial charge in [-0.3, -0.25) is 14.4 Å². The Labute approximate surface area is 384 Å². The van der Waals surface area contributed by atoms with Crippen molar-refractivity contribution >= 4 is 17.9 Å². The number of ether oxygens (including phenoxy) is 3. The van der Waals surface area contributed by atoms with E-state index in [9.17, 15) is 14.4 Å². The Balaban J connectivity index is 4.39. The maximum Gasteiger partial charge on any atom is 0.306 e. The summed E-state index contributed by atoms with van der Waals surface area (Å²) >= 11 is 0. The Hall–Kier alpha value is -2.63. The first-order valence-corrected chi connectivity index (χ1v) is 26.6.